The smallest absolute Gasteiger partial charge is 0.354 e. The van der Waals surface area contributed by atoms with E-state index in [1.807, 2.05) is 7.05 Å². The number of aromatic nitrogens is 2. The lowest BCUT2D eigenvalue weighted by molar-refractivity contribution is 0.0689. The van der Waals surface area contributed by atoms with Crippen LogP contribution in [0.2, 0.25) is 0 Å². The number of hydrogen-bond acceptors (Lipinski definition) is 4. The Bertz CT molecular complexity index is 469. The molecular formula is C10H13N3O3. The van der Waals surface area contributed by atoms with Gasteiger partial charge in [-0.2, -0.15) is 0 Å². The first-order chi connectivity index (χ1) is 7.58. The second-order valence-corrected chi connectivity index (χ2v) is 3.96. The van der Waals surface area contributed by atoms with Crippen LogP contribution in [0.3, 0.4) is 0 Å². The van der Waals surface area contributed by atoms with Crippen LogP contribution in [0.25, 0.3) is 0 Å². The van der Waals surface area contributed by atoms with Crippen molar-refractivity contribution in [3.8, 4) is 0 Å². The largest absolute Gasteiger partial charge is 0.477 e. The molecule has 0 aromatic carbocycles. The number of aromatic amines is 1. The molecule has 2 N–H and O–H groups in total. The van der Waals surface area contributed by atoms with Crippen molar-refractivity contribution < 1.29 is 9.90 Å². The quantitative estimate of drug-likeness (QED) is 0.749. The van der Waals surface area contributed by atoms with Crippen LogP contribution in [0.5, 0.6) is 0 Å². The van der Waals surface area contributed by atoms with Gasteiger partial charge in [0.05, 0.1) is 6.04 Å². The summed E-state index contributed by atoms with van der Waals surface area (Å²) < 4.78 is 0. The van der Waals surface area contributed by atoms with Gasteiger partial charge in [0.2, 0.25) is 0 Å². The van der Waals surface area contributed by atoms with Gasteiger partial charge in [-0.25, -0.2) is 9.78 Å². The zero-order chi connectivity index (χ0) is 11.7. The van der Waals surface area contributed by atoms with Crippen molar-refractivity contribution in [1.29, 1.82) is 0 Å². The van der Waals surface area contributed by atoms with Gasteiger partial charge in [0.25, 0.3) is 5.56 Å². The lowest BCUT2D eigenvalue weighted by Crippen LogP contribution is -2.24. The minimum Gasteiger partial charge on any atom is -0.477 e. The molecule has 1 aromatic rings. The molecule has 6 heteroatoms. The van der Waals surface area contributed by atoms with E-state index in [-0.39, 0.29) is 11.7 Å². The normalized spacial score (nSPS) is 21.2. The summed E-state index contributed by atoms with van der Waals surface area (Å²) in [6, 6.07) is 1.02. The molecule has 0 aliphatic carbocycles. The standard InChI is InChI=1S/C10H13N3O3/c1-13-4-2-3-7(13)9-11-6(10(15)16)5-8(14)12-9/h5,7H,2-4H2,1H3,(H,15,16)(H,11,12,14). The second-order valence-electron chi connectivity index (χ2n) is 3.96. The predicted molar refractivity (Wildman–Crippen MR) is 56.4 cm³/mol. The topological polar surface area (TPSA) is 86.3 Å². The maximum atomic E-state index is 11.3. The maximum absolute atomic E-state index is 11.3. The molecule has 1 fully saturated rings. The molecule has 0 spiro atoms. The van der Waals surface area contributed by atoms with E-state index in [1.165, 1.54) is 0 Å². The van der Waals surface area contributed by atoms with Crippen molar-refractivity contribution in [3.63, 3.8) is 0 Å². The Labute approximate surface area is 91.9 Å². The van der Waals surface area contributed by atoms with Crippen LogP contribution in [-0.2, 0) is 0 Å². The molecule has 86 valence electrons. The van der Waals surface area contributed by atoms with E-state index in [1.54, 1.807) is 0 Å². The summed E-state index contributed by atoms with van der Waals surface area (Å²) >= 11 is 0. The molecule has 1 unspecified atom stereocenters. The van der Waals surface area contributed by atoms with Crippen molar-refractivity contribution in [2.75, 3.05) is 13.6 Å². The summed E-state index contributed by atoms with van der Waals surface area (Å²) in [4.78, 5) is 30.7. The molecule has 0 radical (unpaired) electrons. The van der Waals surface area contributed by atoms with E-state index in [2.05, 4.69) is 14.9 Å². The van der Waals surface area contributed by atoms with Crippen LogP contribution in [0, 0.1) is 0 Å². The lowest BCUT2D eigenvalue weighted by Gasteiger charge is -2.18. The molecular weight excluding hydrogens is 210 g/mol. The summed E-state index contributed by atoms with van der Waals surface area (Å²) in [5.74, 6) is -0.724. The Morgan fingerprint density at radius 1 is 1.69 bits per heavy atom. The first-order valence-corrected chi connectivity index (χ1v) is 5.12. The highest BCUT2D eigenvalue weighted by atomic mass is 16.4. The molecule has 1 aliphatic heterocycles. The Morgan fingerprint density at radius 3 is 3.00 bits per heavy atom. The highest BCUT2D eigenvalue weighted by Gasteiger charge is 2.25. The van der Waals surface area contributed by atoms with E-state index in [4.69, 9.17) is 5.11 Å². The minimum absolute atomic E-state index is 0.0204. The number of nitrogens with one attached hydrogen (secondary N) is 1. The van der Waals surface area contributed by atoms with Gasteiger partial charge in [0, 0.05) is 6.07 Å². The predicted octanol–water partition coefficient (Wildman–Crippen LogP) is 0.235. The number of H-pyrrole nitrogens is 1. The summed E-state index contributed by atoms with van der Waals surface area (Å²) in [5, 5.41) is 8.81. The Morgan fingerprint density at radius 2 is 2.44 bits per heavy atom. The average Bonchev–Trinajstić information content (AvgIpc) is 2.63. The molecule has 2 rings (SSSR count). The molecule has 0 saturated carbocycles. The van der Waals surface area contributed by atoms with E-state index in [0.717, 1.165) is 25.5 Å². The minimum atomic E-state index is -1.17. The molecule has 1 aromatic heterocycles. The molecule has 1 saturated heterocycles. The fraction of sp³-hybridized carbons (Fsp3) is 0.500. The Kier molecular flexibility index (Phi) is 2.74. The van der Waals surface area contributed by atoms with Gasteiger partial charge in [-0.15, -0.1) is 0 Å². The number of likely N-dealkylation sites (tertiary alicyclic amines) is 1. The number of aromatic carboxylic acids is 1. The number of rotatable bonds is 2. The fourth-order valence-corrected chi connectivity index (χ4v) is 2.00. The highest BCUT2D eigenvalue weighted by Crippen LogP contribution is 2.27. The molecule has 0 amide bonds. The molecule has 1 atom stereocenters. The number of carboxylic acid groups (broad SMARTS) is 1. The summed E-state index contributed by atoms with van der Waals surface area (Å²) in [7, 11) is 1.94. The van der Waals surface area contributed by atoms with Gasteiger partial charge >= 0.3 is 5.97 Å². The fourth-order valence-electron chi connectivity index (χ4n) is 2.00. The van der Waals surface area contributed by atoms with Crippen LogP contribution in [0.1, 0.15) is 35.2 Å². The monoisotopic (exact) mass is 223 g/mol. The zero-order valence-electron chi connectivity index (χ0n) is 8.93. The van der Waals surface area contributed by atoms with Gasteiger partial charge in [-0.1, -0.05) is 0 Å². The van der Waals surface area contributed by atoms with Crippen LogP contribution in [-0.4, -0.2) is 39.5 Å². The summed E-state index contributed by atoms with van der Waals surface area (Å²) in [6.07, 6.45) is 1.92. The van der Waals surface area contributed by atoms with Crippen molar-refractivity contribution in [2.24, 2.45) is 0 Å². The van der Waals surface area contributed by atoms with Gasteiger partial charge in [0.1, 0.15) is 5.82 Å². The maximum Gasteiger partial charge on any atom is 0.354 e. The highest BCUT2D eigenvalue weighted by molar-refractivity contribution is 5.85. The number of carbonyl (C=O) groups is 1. The van der Waals surface area contributed by atoms with E-state index >= 15 is 0 Å². The number of carboxylic acids is 1. The SMILES string of the molecule is CN1CCCC1c1nc(C(=O)O)cc(=O)[nH]1. The Balaban J connectivity index is 2.41. The second kappa shape index (κ2) is 4.05. The lowest BCUT2D eigenvalue weighted by atomic mass is 10.2. The van der Waals surface area contributed by atoms with E-state index in [9.17, 15) is 9.59 Å². The van der Waals surface area contributed by atoms with Crippen molar-refractivity contribution in [3.05, 3.63) is 27.9 Å². The van der Waals surface area contributed by atoms with Crippen molar-refractivity contribution in [1.82, 2.24) is 14.9 Å². The molecule has 0 bridgehead atoms. The third-order valence-corrected chi connectivity index (χ3v) is 2.82. The molecule has 16 heavy (non-hydrogen) atoms. The van der Waals surface area contributed by atoms with Crippen molar-refractivity contribution >= 4 is 5.97 Å². The van der Waals surface area contributed by atoms with E-state index in [0.29, 0.717) is 5.82 Å². The first-order valence-electron chi connectivity index (χ1n) is 5.12. The van der Waals surface area contributed by atoms with Crippen LogP contribution < -0.4 is 5.56 Å². The molecule has 2 heterocycles. The number of nitrogens with zero attached hydrogens (tertiary/aromatic N) is 2. The van der Waals surface area contributed by atoms with Crippen LogP contribution in [0.4, 0.5) is 0 Å². The third kappa shape index (κ3) is 1.96. The average molecular weight is 223 g/mol. The summed E-state index contributed by atoms with van der Waals surface area (Å²) in [5.41, 5.74) is -0.609. The summed E-state index contributed by atoms with van der Waals surface area (Å²) in [6.45, 7) is 0.936. The van der Waals surface area contributed by atoms with Gasteiger partial charge in [-0.3, -0.25) is 9.69 Å². The Hall–Kier alpha value is -1.69. The number of hydrogen-bond donors (Lipinski definition) is 2. The first kappa shape index (κ1) is 10.8. The van der Waals surface area contributed by atoms with E-state index < -0.39 is 11.5 Å². The van der Waals surface area contributed by atoms with Crippen LogP contribution in [0.15, 0.2) is 10.9 Å². The molecule has 1 aliphatic rings. The van der Waals surface area contributed by atoms with Crippen LogP contribution >= 0.6 is 0 Å². The van der Waals surface area contributed by atoms with Gasteiger partial charge in [-0.05, 0) is 26.4 Å². The van der Waals surface area contributed by atoms with Crippen molar-refractivity contribution in [2.45, 2.75) is 18.9 Å². The van der Waals surface area contributed by atoms with Gasteiger partial charge < -0.3 is 10.1 Å². The molecule has 6 nitrogen and oxygen atoms in total. The third-order valence-electron chi connectivity index (χ3n) is 2.82. The zero-order valence-corrected chi connectivity index (χ0v) is 8.93. The van der Waals surface area contributed by atoms with Gasteiger partial charge in [0.15, 0.2) is 5.69 Å².